The lowest BCUT2D eigenvalue weighted by molar-refractivity contribution is 0.0520. The first-order valence-corrected chi connectivity index (χ1v) is 12.3. The molecule has 0 spiro atoms. The molecule has 0 bridgehead atoms. The van der Waals surface area contributed by atoms with Gasteiger partial charge in [0.1, 0.15) is 17.6 Å². The highest BCUT2D eigenvalue weighted by Gasteiger charge is 2.43. The highest BCUT2D eigenvalue weighted by atomic mass is 31.2. The van der Waals surface area contributed by atoms with E-state index in [0.29, 0.717) is 11.4 Å². The Morgan fingerprint density at radius 3 is 2.38 bits per heavy atom. The molecule has 0 radical (unpaired) electrons. The number of hydrogen-bond donors (Lipinski definition) is 0. The van der Waals surface area contributed by atoms with Crippen molar-refractivity contribution in [3.8, 4) is 11.8 Å². The molecule has 10 heteroatoms. The number of para-hydroxylation sites is 2. The first-order valence-electron chi connectivity index (χ1n) is 10.7. The lowest BCUT2D eigenvalue weighted by Crippen LogP contribution is -2.25. The summed E-state index contributed by atoms with van der Waals surface area (Å²) in [5.41, 5.74) is 1.01. The Morgan fingerprint density at radius 2 is 1.76 bits per heavy atom. The zero-order valence-corrected chi connectivity index (χ0v) is 19.6. The van der Waals surface area contributed by atoms with Gasteiger partial charge in [0.15, 0.2) is 11.4 Å². The van der Waals surface area contributed by atoms with Crippen molar-refractivity contribution in [3.05, 3.63) is 83.9 Å². The van der Waals surface area contributed by atoms with E-state index in [-0.39, 0.29) is 36.1 Å². The fraction of sp³-hybridized carbons (Fsp3) is 0.167. The number of esters is 1. The van der Waals surface area contributed by atoms with Crippen LogP contribution in [0, 0.1) is 11.3 Å². The number of nitriles is 1. The van der Waals surface area contributed by atoms with Crippen LogP contribution in [0.2, 0.25) is 0 Å². The quantitative estimate of drug-likeness (QED) is 0.341. The van der Waals surface area contributed by atoms with Crippen LogP contribution in [0.3, 0.4) is 0 Å². The van der Waals surface area contributed by atoms with Gasteiger partial charge in [0.25, 0.3) is 0 Å². The Morgan fingerprint density at radius 1 is 1.09 bits per heavy atom. The number of carbonyl (C=O) groups is 1. The van der Waals surface area contributed by atoms with Crippen LogP contribution in [0.25, 0.3) is 5.69 Å². The molecule has 2 heterocycles. The standard InChI is InChI=1S/C24H22N5O4P/c1-3-32-24(30)22-23(20(17-25)28(27-22)19-13-9-6-10-14-19)29-21(15-16-34(29,31)33-4-2)26-18-11-7-5-8-12-18/h5-16H,3-4H2,1-2H3. The monoisotopic (exact) mass is 475 g/mol. The van der Waals surface area contributed by atoms with Gasteiger partial charge in [0.2, 0.25) is 0 Å². The third-order valence-electron chi connectivity index (χ3n) is 4.87. The minimum Gasteiger partial charge on any atom is -0.461 e. The molecule has 172 valence electrons. The zero-order valence-electron chi connectivity index (χ0n) is 18.7. The van der Waals surface area contributed by atoms with Crippen molar-refractivity contribution in [2.45, 2.75) is 13.8 Å². The van der Waals surface area contributed by atoms with E-state index in [2.05, 4.69) is 16.2 Å². The number of aromatic nitrogens is 2. The fourth-order valence-electron chi connectivity index (χ4n) is 3.50. The molecule has 0 saturated carbocycles. The summed E-state index contributed by atoms with van der Waals surface area (Å²) in [7, 11) is -3.69. The Kier molecular flexibility index (Phi) is 6.73. The molecule has 1 aliphatic rings. The molecule has 3 aromatic rings. The number of anilines is 1. The zero-order chi connectivity index (χ0) is 24.1. The van der Waals surface area contributed by atoms with E-state index in [0.717, 1.165) is 0 Å². The van der Waals surface area contributed by atoms with Gasteiger partial charge >= 0.3 is 13.5 Å². The summed E-state index contributed by atoms with van der Waals surface area (Å²) in [4.78, 5) is 17.5. The van der Waals surface area contributed by atoms with E-state index < -0.39 is 13.5 Å². The first kappa shape index (κ1) is 23.2. The number of ether oxygens (including phenoxy) is 1. The van der Waals surface area contributed by atoms with Gasteiger partial charge in [0.05, 0.1) is 24.6 Å². The van der Waals surface area contributed by atoms with Gasteiger partial charge in [0, 0.05) is 5.82 Å². The molecule has 0 fully saturated rings. The molecule has 0 saturated heterocycles. The maximum atomic E-state index is 13.9. The van der Waals surface area contributed by atoms with Crippen LogP contribution in [-0.4, -0.2) is 34.8 Å². The smallest absolute Gasteiger partial charge is 0.361 e. The van der Waals surface area contributed by atoms with Crippen LogP contribution in [-0.2, 0) is 13.8 Å². The van der Waals surface area contributed by atoms with Gasteiger partial charge in [-0.05, 0) is 44.2 Å². The van der Waals surface area contributed by atoms with Crippen molar-refractivity contribution < 1.29 is 18.6 Å². The van der Waals surface area contributed by atoms with Crippen LogP contribution in [0.4, 0.5) is 11.4 Å². The normalized spacial score (nSPS) is 18.3. The minimum absolute atomic E-state index is 0.00126. The Bertz CT molecular complexity index is 1340. The molecule has 0 N–H and O–H groups in total. The fourth-order valence-corrected chi connectivity index (χ4v) is 5.40. The topological polar surface area (TPSA) is 110 Å². The van der Waals surface area contributed by atoms with Gasteiger partial charge in [-0.3, -0.25) is 4.57 Å². The number of carbonyl (C=O) groups excluding carboxylic acids is 1. The molecule has 1 aromatic heterocycles. The number of benzene rings is 2. The number of hydrogen-bond acceptors (Lipinski definition) is 7. The van der Waals surface area contributed by atoms with Crippen LogP contribution in [0.15, 0.2) is 77.5 Å². The van der Waals surface area contributed by atoms with Crippen molar-refractivity contribution in [2.24, 2.45) is 4.99 Å². The predicted octanol–water partition coefficient (Wildman–Crippen LogP) is 5.21. The molecule has 2 aromatic carbocycles. The Balaban J connectivity index is 1.99. The van der Waals surface area contributed by atoms with Crippen LogP contribution < -0.4 is 4.67 Å². The largest absolute Gasteiger partial charge is 0.461 e. The van der Waals surface area contributed by atoms with E-state index in [1.807, 2.05) is 24.3 Å². The van der Waals surface area contributed by atoms with Gasteiger partial charge in [-0.15, -0.1) is 0 Å². The second-order valence-corrected chi connectivity index (χ2v) is 9.13. The third kappa shape index (κ3) is 4.29. The lowest BCUT2D eigenvalue weighted by atomic mass is 10.2. The molecular formula is C24H22N5O4P. The van der Waals surface area contributed by atoms with E-state index in [4.69, 9.17) is 9.26 Å². The molecule has 4 rings (SSSR count). The van der Waals surface area contributed by atoms with Crippen LogP contribution in [0.1, 0.15) is 30.0 Å². The summed E-state index contributed by atoms with van der Waals surface area (Å²) in [5.74, 6) is 0.907. The molecular weight excluding hydrogens is 453 g/mol. The van der Waals surface area contributed by atoms with E-state index in [1.54, 1.807) is 56.3 Å². The lowest BCUT2D eigenvalue weighted by Gasteiger charge is -2.26. The molecule has 0 amide bonds. The summed E-state index contributed by atoms with van der Waals surface area (Å²) in [6, 6.07) is 20.1. The molecule has 1 atom stereocenters. The highest BCUT2D eigenvalue weighted by Crippen LogP contribution is 2.59. The van der Waals surface area contributed by atoms with E-state index >= 15 is 0 Å². The second kappa shape index (κ2) is 9.87. The molecule has 1 unspecified atom stereocenters. The average Bonchev–Trinajstić information content (AvgIpc) is 3.37. The SMILES string of the molecule is CCOC(=O)c1nn(-c2ccccc2)c(C#N)c1N1C(=Nc2ccccc2)C=CP1(=O)OCC. The van der Waals surface area contributed by atoms with Gasteiger partial charge in [-0.25, -0.2) is 19.1 Å². The maximum Gasteiger partial charge on any atom is 0.361 e. The molecule has 1 aliphatic heterocycles. The summed E-state index contributed by atoms with van der Waals surface area (Å²) in [6.45, 7) is 3.62. The number of rotatable bonds is 7. The van der Waals surface area contributed by atoms with Crippen molar-refractivity contribution in [2.75, 3.05) is 17.9 Å². The van der Waals surface area contributed by atoms with Crippen molar-refractivity contribution in [1.82, 2.24) is 9.78 Å². The highest BCUT2D eigenvalue weighted by molar-refractivity contribution is 7.65. The van der Waals surface area contributed by atoms with Crippen LogP contribution in [0.5, 0.6) is 0 Å². The van der Waals surface area contributed by atoms with Gasteiger partial charge < -0.3 is 9.26 Å². The summed E-state index contributed by atoms with van der Waals surface area (Å²) in [6.07, 6.45) is 1.55. The first-order chi connectivity index (χ1) is 16.5. The van der Waals surface area contributed by atoms with Gasteiger partial charge in [-0.2, -0.15) is 10.4 Å². The minimum atomic E-state index is -3.69. The molecule has 9 nitrogen and oxygen atoms in total. The Hall–Kier alpha value is -3.99. The van der Waals surface area contributed by atoms with Crippen molar-refractivity contribution in [3.63, 3.8) is 0 Å². The Labute approximate surface area is 197 Å². The van der Waals surface area contributed by atoms with Crippen molar-refractivity contribution in [1.29, 1.82) is 5.26 Å². The van der Waals surface area contributed by atoms with E-state index in [1.165, 1.54) is 15.2 Å². The predicted molar refractivity (Wildman–Crippen MR) is 129 cm³/mol. The second-order valence-electron chi connectivity index (χ2n) is 7.04. The van der Waals surface area contributed by atoms with E-state index in [9.17, 15) is 14.6 Å². The molecule has 0 aliphatic carbocycles. The summed E-state index contributed by atoms with van der Waals surface area (Å²) in [5, 5.41) is 14.5. The molecule has 34 heavy (non-hydrogen) atoms. The van der Waals surface area contributed by atoms with Gasteiger partial charge in [-0.1, -0.05) is 36.4 Å². The summed E-state index contributed by atoms with van der Waals surface area (Å²) < 4.78 is 27.4. The average molecular weight is 475 g/mol. The summed E-state index contributed by atoms with van der Waals surface area (Å²) >= 11 is 0. The number of aliphatic imine (C=N–C) groups is 1. The maximum absolute atomic E-state index is 13.9. The van der Waals surface area contributed by atoms with Crippen molar-refractivity contribution >= 4 is 30.7 Å². The van der Waals surface area contributed by atoms with Crippen LogP contribution >= 0.6 is 7.52 Å². The third-order valence-corrected chi connectivity index (χ3v) is 6.99. The number of amidine groups is 1. The number of nitrogens with zero attached hydrogens (tertiary/aromatic N) is 5.